The quantitative estimate of drug-likeness (QED) is 0.0149. The summed E-state index contributed by atoms with van der Waals surface area (Å²) in [5.74, 6) is -1.24. The number of ether oxygens (including phenoxy) is 3. The van der Waals surface area contributed by atoms with Crippen molar-refractivity contribution in [2.24, 2.45) is 0 Å². The normalized spacial score (nSPS) is 19.5. The third-order valence-corrected chi connectivity index (χ3v) is 14.6. The molecule has 1 rings (SSSR count). The molecule has 1 fully saturated rings. The van der Waals surface area contributed by atoms with Gasteiger partial charge in [0.2, 0.25) is 5.91 Å². The zero-order valence-corrected chi connectivity index (χ0v) is 50.2. The molecule has 1 aliphatic heterocycles. The lowest BCUT2D eigenvalue weighted by Crippen LogP contribution is -2.61. The molecule has 8 atom stereocenters. The van der Waals surface area contributed by atoms with Gasteiger partial charge in [0.1, 0.15) is 24.4 Å². The molecule has 11 heteroatoms. The number of allylic oxidation sites excluding steroid dienone is 15. The summed E-state index contributed by atoms with van der Waals surface area (Å²) in [6.45, 7) is 5.61. The molecule has 1 saturated heterocycles. The minimum atomic E-state index is -1.64. The second-order valence-corrected chi connectivity index (χ2v) is 21.9. The van der Waals surface area contributed by atoms with E-state index in [-0.39, 0.29) is 19.4 Å². The van der Waals surface area contributed by atoms with Crippen LogP contribution in [0.4, 0.5) is 0 Å². The standard InChI is InChI=1S/C68H117NO10/c1-4-7-10-13-16-19-22-24-26-28-29-30-31-32-34-35-37-40-43-46-49-52-55-61(72)67(76)69-59(60(71)54-51-48-45-42-39-21-18-15-12-9-6-3)58-77-68-66(65(75)64(74)62(57-70)78-68)79-63(73)56-53-50-47-44-41-38-36-33-27-25-23-20-17-14-11-8-5-2/h8,11,14,17,20,23-27,33,36,38,41,51,54,59-62,64-66,68,70-72,74-75H,4-7,9-10,12-13,15-16,18-19,21-22,28-32,34-35,37,39-40,42-50,52-53,55-58H2,1-3H3,(H,69,76)/b11-8-,17-14+,23-20+,26-24+,27-25-,36-33+,41-38+,54-51+. The highest BCUT2D eigenvalue weighted by Gasteiger charge is 2.47. The number of nitrogens with one attached hydrogen (secondary N) is 1. The van der Waals surface area contributed by atoms with E-state index >= 15 is 0 Å². The second-order valence-electron chi connectivity index (χ2n) is 21.9. The van der Waals surface area contributed by atoms with Crippen LogP contribution in [0.5, 0.6) is 0 Å². The maximum absolute atomic E-state index is 13.4. The average molecular weight is 1110 g/mol. The molecule has 79 heavy (non-hydrogen) atoms. The summed E-state index contributed by atoms with van der Waals surface area (Å²) in [4.78, 5) is 26.5. The van der Waals surface area contributed by atoms with Gasteiger partial charge in [-0.15, -0.1) is 0 Å². The minimum Gasteiger partial charge on any atom is -0.454 e. The molecule has 11 nitrogen and oxygen atoms in total. The lowest BCUT2D eigenvalue weighted by molar-refractivity contribution is -0.305. The van der Waals surface area contributed by atoms with E-state index in [0.717, 1.165) is 70.6 Å². The maximum atomic E-state index is 13.4. The van der Waals surface area contributed by atoms with E-state index in [1.807, 2.05) is 66.8 Å². The number of carbonyl (C=O) groups excluding carboxylic acids is 2. The van der Waals surface area contributed by atoms with Gasteiger partial charge in [0.25, 0.3) is 0 Å². The van der Waals surface area contributed by atoms with Crippen molar-refractivity contribution < 1.29 is 49.3 Å². The molecule has 0 saturated carbocycles. The Kier molecular flexibility index (Phi) is 51.4. The van der Waals surface area contributed by atoms with Crippen LogP contribution in [0.1, 0.15) is 258 Å². The number of rotatable bonds is 53. The van der Waals surface area contributed by atoms with Gasteiger partial charge in [0, 0.05) is 6.42 Å². The van der Waals surface area contributed by atoms with Crippen LogP contribution in [-0.4, -0.2) is 99.6 Å². The number of esters is 1. The Balaban J connectivity index is 2.65. The van der Waals surface area contributed by atoms with Gasteiger partial charge in [-0.3, -0.25) is 9.59 Å². The van der Waals surface area contributed by atoms with Gasteiger partial charge in [-0.1, -0.05) is 279 Å². The minimum absolute atomic E-state index is 0.0681. The first kappa shape index (κ1) is 73.6. The smallest absolute Gasteiger partial charge is 0.306 e. The predicted octanol–water partition coefficient (Wildman–Crippen LogP) is 15.5. The molecule has 0 aromatic heterocycles. The van der Waals surface area contributed by atoms with Crippen molar-refractivity contribution in [2.45, 2.75) is 307 Å². The van der Waals surface area contributed by atoms with Crippen LogP contribution in [0.3, 0.4) is 0 Å². The molecule has 8 unspecified atom stereocenters. The van der Waals surface area contributed by atoms with E-state index < -0.39 is 67.4 Å². The van der Waals surface area contributed by atoms with Gasteiger partial charge in [-0.25, -0.2) is 0 Å². The Morgan fingerprint density at radius 2 is 0.924 bits per heavy atom. The number of unbranched alkanes of at least 4 members (excludes halogenated alkanes) is 30. The van der Waals surface area contributed by atoms with Crippen molar-refractivity contribution in [1.82, 2.24) is 5.32 Å². The van der Waals surface area contributed by atoms with E-state index in [2.05, 4.69) is 50.4 Å². The van der Waals surface area contributed by atoms with Crippen LogP contribution >= 0.6 is 0 Å². The van der Waals surface area contributed by atoms with E-state index in [9.17, 15) is 35.1 Å². The summed E-state index contributed by atoms with van der Waals surface area (Å²) < 4.78 is 17.6. The van der Waals surface area contributed by atoms with Crippen molar-refractivity contribution in [2.75, 3.05) is 13.2 Å². The second kappa shape index (κ2) is 55.1. The van der Waals surface area contributed by atoms with E-state index in [1.165, 1.54) is 141 Å². The monoisotopic (exact) mass is 1110 g/mol. The Hall–Kier alpha value is -3.42. The summed E-state index contributed by atoms with van der Waals surface area (Å²) in [5.41, 5.74) is 0. The fraction of sp³-hybridized carbons (Fsp3) is 0.735. The lowest BCUT2D eigenvalue weighted by Gasteiger charge is -2.41. The van der Waals surface area contributed by atoms with E-state index in [0.29, 0.717) is 12.8 Å². The van der Waals surface area contributed by atoms with Gasteiger partial charge in [0.05, 0.1) is 25.4 Å². The van der Waals surface area contributed by atoms with Crippen LogP contribution in [0.2, 0.25) is 0 Å². The van der Waals surface area contributed by atoms with Crippen LogP contribution in [0.25, 0.3) is 0 Å². The topological polar surface area (TPSA) is 175 Å². The predicted molar refractivity (Wildman–Crippen MR) is 329 cm³/mol. The molecule has 0 aromatic carbocycles. The van der Waals surface area contributed by atoms with Gasteiger partial charge < -0.3 is 45.1 Å². The average Bonchev–Trinajstić information content (AvgIpc) is 3.47. The van der Waals surface area contributed by atoms with Crippen LogP contribution in [-0.2, 0) is 23.8 Å². The fourth-order valence-corrected chi connectivity index (χ4v) is 9.56. The molecule has 454 valence electrons. The third-order valence-electron chi connectivity index (χ3n) is 14.6. The summed E-state index contributed by atoms with van der Waals surface area (Å²) in [7, 11) is 0. The molecular formula is C68H117NO10. The molecule has 0 bridgehead atoms. The molecule has 0 radical (unpaired) electrons. The number of aliphatic hydroxyl groups excluding tert-OH is 5. The number of amides is 1. The Bertz CT molecular complexity index is 1650. The van der Waals surface area contributed by atoms with E-state index in [1.54, 1.807) is 6.08 Å². The number of hydrogen-bond donors (Lipinski definition) is 6. The molecule has 1 amide bonds. The number of carbonyl (C=O) groups is 2. The molecule has 6 N–H and O–H groups in total. The molecule has 0 aliphatic carbocycles. The summed E-state index contributed by atoms with van der Waals surface area (Å²) in [6.07, 6.45) is 63.1. The first-order valence-electron chi connectivity index (χ1n) is 32.1. The van der Waals surface area contributed by atoms with Crippen LogP contribution in [0.15, 0.2) is 97.2 Å². The summed E-state index contributed by atoms with van der Waals surface area (Å²) >= 11 is 0. The Morgan fingerprint density at radius 3 is 1.41 bits per heavy atom. The van der Waals surface area contributed by atoms with Crippen molar-refractivity contribution in [3.63, 3.8) is 0 Å². The highest BCUT2D eigenvalue weighted by atomic mass is 16.7. The fourth-order valence-electron chi connectivity index (χ4n) is 9.56. The molecule has 1 aliphatic rings. The van der Waals surface area contributed by atoms with Gasteiger partial charge in [-0.2, -0.15) is 0 Å². The molecular weight excluding hydrogens is 991 g/mol. The first-order chi connectivity index (χ1) is 38.7. The SMILES string of the molecule is CC\C=C/C=C/C=C/C=C\C=C\C=C\CCCCCC(=O)OC1C(OCC(NC(=O)C(O)CCCCCCCCCCCCCC/C=C/CCCCCCCC)C(O)/C=C/CCCCCCCCCCC)OC(CO)C(O)C1O. The summed E-state index contributed by atoms with van der Waals surface area (Å²) in [6, 6.07) is -1.04. The van der Waals surface area contributed by atoms with E-state index in [4.69, 9.17) is 14.2 Å². The van der Waals surface area contributed by atoms with Crippen molar-refractivity contribution in [3.05, 3.63) is 97.2 Å². The first-order valence-corrected chi connectivity index (χ1v) is 32.1. The molecule has 1 heterocycles. The summed E-state index contributed by atoms with van der Waals surface area (Å²) in [5, 5.41) is 57.0. The zero-order valence-electron chi connectivity index (χ0n) is 50.2. The Morgan fingerprint density at radius 1 is 0.506 bits per heavy atom. The zero-order chi connectivity index (χ0) is 57.5. The maximum Gasteiger partial charge on any atom is 0.306 e. The van der Waals surface area contributed by atoms with Crippen molar-refractivity contribution in [3.8, 4) is 0 Å². The van der Waals surface area contributed by atoms with Gasteiger partial charge in [-0.05, 0) is 70.6 Å². The van der Waals surface area contributed by atoms with Gasteiger partial charge in [0.15, 0.2) is 12.4 Å². The highest BCUT2D eigenvalue weighted by molar-refractivity contribution is 5.80. The Labute approximate surface area is 482 Å². The van der Waals surface area contributed by atoms with Crippen LogP contribution in [0, 0.1) is 0 Å². The lowest BCUT2D eigenvalue weighted by atomic mass is 9.99. The number of aliphatic hydroxyl groups is 5. The highest BCUT2D eigenvalue weighted by Crippen LogP contribution is 2.26. The van der Waals surface area contributed by atoms with Crippen molar-refractivity contribution in [1.29, 1.82) is 0 Å². The van der Waals surface area contributed by atoms with Gasteiger partial charge >= 0.3 is 5.97 Å². The third kappa shape index (κ3) is 43.0. The largest absolute Gasteiger partial charge is 0.454 e. The van der Waals surface area contributed by atoms with Crippen molar-refractivity contribution >= 4 is 11.9 Å². The number of hydrogen-bond acceptors (Lipinski definition) is 10. The molecule has 0 aromatic rings. The van der Waals surface area contributed by atoms with Crippen LogP contribution < -0.4 is 5.32 Å². The molecule has 0 spiro atoms.